The van der Waals surface area contributed by atoms with Gasteiger partial charge in [0.05, 0.1) is 6.21 Å². The highest BCUT2D eigenvalue weighted by Crippen LogP contribution is 2.29. The van der Waals surface area contributed by atoms with Crippen LogP contribution >= 0.6 is 0 Å². The summed E-state index contributed by atoms with van der Waals surface area (Å²) in [4.78, 5) is 4.21. The van der Waals surface area contributed by atoms with Crippen LogP contribution in [0.5, 0.6) is 0 Å². The molecule has 1 aliphatic heterocycles. The van der Waals surface area contributed by atoms with Gasteiger partial charge < -0.3 is 10.5 Å². The lowest BCUT2D eigenvalue weighted by molar-refractivity contribution is 0.322. The molecule has 3 rings (SSSR count). The summed E-state index contributed by atoms with van der Waals surface area (Å²) in [5.41, 5.74) is 2.64. The molecular weight excluding hydrogens is 218 g/mol. The van der Waals surface area contributed by atoms with Crippen LogP contribution in [-0.2, 0) is 0 Å². The Kier molecular flexibility index (Phi) is 2.11. The third-order valence-corrected chi connectivity index (χ3v) is 2.52. The number of hydrogen-bond acceptors (Lipinski definition) is 5. The molecule has 2 heterocycles. The summed E-state index contributed by atoms with van der Waals surface area (Å²) in [6.07, 6.45) is 6.47. The van der Waals surface area contributed by atoms with Gasteiger partial charge in [0.15, 0.2) is 5.82 Å². The first-order valence-electron chi connectivity index (χ1n) is 5.03. The maximum absolute atomic E-state index is 8.54. The minimum atomic E-state index is 0.745. The van der Waals surface area contributed by atoms with E-state index in [0.717, 1.165) is 22.6 Å². The molecule has 0 saturated heterocycles. The lowest BCUT2D eigenvalue weighted by Gasteiger charge is -2.06. The second-order valence-corrected chi connectivity index (χ2v) is 3.54. The Balaban J connectivity index is 2.22. The van der Waals surface area contributed by atoms with E-state index in [4.69, 9.17) is 5.21 Å². The van der Waals surface area contributed by atoms with E-state index in [-0.39, 0.29) is 0 Å². The molecule has 1 aromatic carbocycles. The van der Waals surface area contributed by atoms with Gasteiger partial charge in [-0.15, -0.1) is 0 Å². The zero-order valence-corrected chi connectivity index (χ0v) is 8.78. The Morgan fingerprint density at radius 2 is 2.35 bits per heavy atom. The van der Waals surface area contributed by atoms with Crippen LogP contribution < -0.4 is 5.32 Å². The number of benzene rings is 1. The molecule has 2 N–H and O–H groups in total. The van der Waals surface area contributed by atoms with Gasteiger partial charge in [0.25, 0.3) is 0 Å². The minimum Gasteiger partial charge on any atom is -0.411 e. The third kappa shape index (κ3) is 1.55. The standard InChI is InChI=1S/C11H9N5O/c17-15-6-8-1-2-10-9(5-8)11-13-7-14-16(11)4-3-12-10/h1-7,12,17H. The van der Waals surface area contributed by atoms with Gasteiger partial charge >= 0.3 is 0 Å². The van der Waals surface area contributed by atoms with Crippen molar-refractivity contribution < 1.29 is 5.21 Å². The molecule has 0 bridgehead atoms. The Morgan fingerprint density at radius 1 is 1.41 bits per heavy atom. The van der Waals surface area contributed by atoms with Crippen LogP contribution in [0.3, 0.4) is 0 Å². The average Bonchev–Trinajstić information content (AvgIpc) is 2.73. The van der Waals surface area contributed by atoms with Gasteiger partial charge in [0, 0.05) is 23.7 Å². The van der Waals surface area contributed by atoms with Gasteiger partial charge in [0.1, 0.15) is 6.33 Å². The normalized spacial score (nSPS) is 12.9. The Hall–Kier alpha value is -2.63. The van der Waals surface area contributed by atoms with Gasteiger partial charge in [0.2, 0.25) is 0 Å². The summed E-state index contributed by atoms with van der Waals surface area (Å²) >= 11 is 0. The fourth-order valence-electron chi connectivity index (χ4n) is 1.77. The van der Waals surface area contributed by atoms with Crippen molar-refractivity contribution in [2.24, 2.45) is 5.16 Å². The van der Waals surface area contributed by atoms with Gasteiger partial charge in [-0.3, -0.25) is 0 Å². The van der Waals surface area contributed by atoms with Crippen molar-refractivity contribution in [3.63, 3.8) is 0 Å². The first kappa shape index (κ1) is 9.59. The smallest absolute Gasteiger partial charge is 0.164 e. The first-order chi connectivity index (χ1) is 8.38. The second-order valence-electron chi connectivity index (χ2n) is 3.54. The van der Waals surface area contributed by atoms with Gasteiger partial charge in [-0.2, -0.15) is 5.10 Å². The highest BCUT2D eigenvalue weighted by Gasteiger charge is 2.13. The molecule has 0 unspecified atom stereocenters. The minimum absolute atomic E-state index is 0.745. The van der Waals surface area contributed by atoms with E-state index in [9.17, 15) is 0 Å². The number of anilines is 1. The van der Waals surface area contributed by atoms with Gasteiger partial charge in [-0.1, -0.05) is 11.2 Å². The van der Waals surface area contributed by atoms with Crippen molar-refractivity contribution in [2.75, 3.05) is 5.32 Å². The van der Waals surface area contributed by atoms with Crippen molar-refractivity contribution in [3.05, 3.63) is 36.3 Å². The van der Waals surface area contributed by atoms with Crippen molar-refractivity contribution in [3.8, 4) is 11.4 Å². The van der Waals surface area contributed by atoms with E-state index in [1.54, 1.807) is 17.1 Å². The highest BCUT2D eigenvalue weighted by molar-refractivity contribution is 5.86. The number of oxime groups is 1. The molecule has 2 aromatic rings. The van der Waals surface area contributed by atoms with Crippen LogP contribution in [0, 0.1) is 0 Å². The number of hydrogen-bond donors (Lipinski definition) is 2. The molecule has 0 radical (unpaired) electrons. The Labute approximate surface area is 96.9 Å². The maximum atomic E-state index is 8.54. The summed E-state index contributed by atoms with van der Waals surface area (Å²) in [6.45, 7) is 0. The Morgan fingerprint density at radius 3 is 3.24 bits per heavy atom. The molecule has 6 heteroatoms. The van der Waals surface area contributed by atoms with E-state index in [0.29, 0.717) is 0 Å². The number of nitrogens with zero attached hydrogens (tertiary/aromatic N) is 4. The van der Waals surface area contributed by atoms with Crippen LogP contribution in [0.4, 0.5) is 5.69 Å². The molecule has 0 saturated carbocycles. The highest BCUT2D eigenvalue weighted by atomic mass is 16.4. The number of aromatic nitrogens is 3. The van der Waals surface area contributed by atoms with Crippen LogP contribution in [-0.4, -0.2) is 26.2 Å². The van der Waals surface area contributed by atoms with Crippen molar-refractivity contribution in [1.29, 1.82) is 0 Å². The van der Waals surface area contributed by atoms with Crippen molar-refractivity contribution >= 4 is 18.1 Å². The van der Waals surface area contributed by atoms with E-state index in [1.165, 1.54) is 12.5 Å². The molecule has 0 atom stereocenters. The largest absolute Gasteiger partial charge is 0.411 e. The molecule has 17 heavy (non-hydrogen) atoms. The monoisotopic (exact) mass is 227 g/mol. The summed E-state index contributed by atoms with van der Waals surface area (Å²) in [6, 6.07) is 5.64. The molecule has 84 valence electrons. The molecular formula is C11H9N5O. The van der Waals surface area contributed by atoms with Crippen molar-refractivity contribution in [1.82, 2.24) is 14.8 Å². The van der Waals surface area contributed by atoms with E-state index < -0.39 is 0 Å². The summed E-state index contributed by atoms with van der Waals surface area (Å²) in [5.74, 6) is 0.745. The third-order valence-electron chi connectivity index (χ3n) is 2.52. The maximum Gasteiger partial charge on any atom is 0.164 e. The second kappa shape index (κ2) is 3.75. The number of nitrogens with one attached hydrogen (secondary N) is 1. The van der Waals surface area contributed by atoms with Crippen molar-refractivity contribution in [2.45, 2.75) is 0 Å². The average molecular weight is 227 g/mol. The number of fused-ring (bicyclic) bond motifs is 3. The summed E-state index contributed by atoms with van der Waals surface area (Å²) in [5, 5.41) is 18.8. The molecule has 0 aliphatic carbocycles. The molecule has 0 spiro atoms. The molecule has 0 amide bonds. The van der Waals surface area contributed by atoms with Crippen LogP contribution in [0.2, 0.25) is 0 Å². The van der Waals surface area contributed by atoms with Gasteiger partial charge in [-0.25, -0.2) is 9.67 Å². The van der Waals surface area contributed by atoms with Gasteiger partial charge in [-0.05, 0) is 17.7 Å². The number of rotatable bonds is 1. The zero-order valence-electron chi connectivity index (χ0n) is 8.78. The SMILES string of the molecule is ON=Cc1ccc2c(c1)-c1ncnn1C=CN2. The molecule has 1 aliphatic rings. The predicted octanol–water partition coefficient (Wildman–Crippen LogP) is 1.61. The molecule has 0 fully saturated rings. The lowest BCUT2D eigenvalue weighted by atomic mass is 10.1. The van der Waals surface area contributed by atoms with Crippen LogP contribution in [0.15, 0.2) is 35.9 Å². The Bertz CT molecular complexity index is 614. The zero-order chi connectivity index (χ0) is 11.7. The van der Waals surface area contributed by atoms with E-state index in [2.05, 4.69) is 20.6 Å². The van der Waals surface area contributed by atoms with E-state index in [1.807, 2.05) is 18.2 Å². The quantitative estimate of drug-likeness (QED) is 0.441. The molecule has 6 nitrogen and oxygen atoms in total. The first-order valence-corrected chi connectivity index (χ1v) is 5.03. The predicted molar refractivity (Wildman–Crippen MR) is 63.8 cm³/mol. The fourth-order valence-corrected chi connectivity index (χ4v) is 1.77. The molecule has 1 aromatic heterocycles. The topological polar surface area (TPSA) is 75.3 Å². The van der Waals surface area contributed by atoms with E-state index >= 15 is 0 Å². The summed E-state index contributed by atoms with van der Waals surface area (Å²) in [7, 11) is 0. The lowest BCUT2D eigenvalue weighted by Crippen LogP contribution is -1.94. The van der Waals surface area contributed by atoms with Crippen LogP contribution in [0.1, 0.15) is 5.56 Å². The fraction of sp³-hybridized carbons (Fsp3) is 0. The summed E-state index contributed by atoms with van der Waals surface area (Å²) < 4.78 is 1.68. The van der Waals surface area contributed by atoms with Crippen LogP contribution in [0.25, 0.3) is 17.6 Å².